The molecule has 0 bridgehead atoms. The molecule has 0 atom stereocenters. The average Bonchev–Trinajstić information content (AvgIpc) is 2.07. The normalized spacial score (nSPS) is 22.5. The molecule has 0 saturated heterocycles. The quantitative estimate of drug-likeness (QED) is 0.529. The Bertz CT molecular complexity index is 138. The van der Waals surface area contributed by atoms with E-state index in [9.17, 15) is 0 Å². The van der Waals surface area contributed by atoms with E-state index in [1.807, 2.05) is 0 Å². The van der Waals surface area contributed by atoms with Gasteiger partial charge in [0, 0.05) is 5.41 Å². The Hall–Kier alpha value is -0.440. The standard InChI is InChI=1S/C11H18/c1-3-8-11(4-2)9-6-5-7-10-11/h2H,3,5-10H2,1H3. The minimum atomic E-state index is 0.299. The van der Waals surface area contributed by atoms with Gasteiger partial charge in [-0.1, -0.05) is 38.5 Å². The molecule has 0 radical (unpaired) electrons. The van der Waals surface area contributed by atoms with E-state index in [-0.39, 0.29) is 0 Å². The maximum absolute atomic E-state index is 5.57. The lowest BCUT2D eigenvalue weighted by Gasteiger charge is -2.32. The SMILES string of the molecule is C#CC1(CCC)CCCCC1. The summed E-state index contributed by atoms with van der Waals surface area (Å²) < 4.78 is 0. The zero-order valence-electron chi connectivity index (χ0n) is 7.53. The Kier molecular flexibility index (Phi) is 3.00. The van der Waals surface area contributed by atoms with Gasteiger partial charge in [0.2, 0.25) is 0 Å². The van der Waals surface area contributed by atoms with Gasteiger partial charge in [0.1, 0.15) is 0 Å². The van der Waals surface area contributed by atoms with Gasteiger partial charge in [-0.05, 0) is 19.3 Å². The molecule has 0 nitrogen and oxygen atoms in total. The van der Waals surface area contributed by atoms with Crippen LogP contribution in [0.3, 0.4) is 0 Å². The molecule has 1 aliphatic rings. The summed E-state index contributed by atoms with van der Waals surface area (Å²) in [6.45, 7) is 2.23. The van der Waals surface area contributed by atoms with Crippen molar-refractivity contribution >= 4 is 0 Å². The molecular weight excluding hydrogens is 132 g/mol. The van der Waals surface area contributed by atoms with Crippen molar-refractivity contribution in [1.82, 2.24) is 0 Å². The first-order chi connectivity index (χ1) is 5.33. The van der Waals surface area contributed by atoms with Gasteiger partial charge in [0.15, 0.2) is 0 Å². The predicted octanol–water partition coefficient (Wildman–Crippen LogP) is 3.37. The minimum absolute atomic E-state index is 0.299. The Balaban J connectivity index is 2.51. The largest absolute Gasteiger partial charge is 0.120 e. The van der Waals surface area contributed by atoms with Crippen molar-refractivity contribution in [2.45, 2.75) is 51.9 Å². The Morgan fingerprint density at radius 2 is 1.91 bits per heavy atom. The van der Waals surface area contributed by atoms with E-state index in [2.05, 4.69) is 12.8 Å². The summed E-state index contributed by atoms with van der Waals surface area (Å²) in [5.41, 5.74) is 0.299. The molecule has 62 valence electrons. The first kappa shape index (κ1) is 8.65. The summed E-state index contributed by atoms with van der Waals surface area (Å²) in [6, 6.07) is 0. The molecule has 0 spiro atoms. The number of rotatable bonds is 2. The third kappa shape index (κ3) is 1.99. The van der Waals surface area contributed by atoms with E-state index in [1.165, 1.54) is 44.9 Å². The van der Waals surface area contributed by atoms with Crippen LogP contribution in [0.4, 0.5) is 0 Å². The highest BCUT2D eigenvalue weighted by molar-refractivity contribution is 5.06. The molecule has 1 aliphatic carbocycles. The van der Waals surface area contributed by atoms with E-state index in [4.69, 9.17) is 6.42 Å². The number of hydrogen-bond acceptors (Lipinski definition) is 0. The van der Waals surface area contributed by atoms with Gasteiger partial charge in [0.05, 0.1) is 0 Å². The lowest BCUT2D eigenvalue weighted by atomic mass is 9.72. The van der Waals surface area contributed by atoms with Gasteiger partial charge in [0.25, 0.3) is 0 Å². The highest BCUT2D eigenvalue weighted by atomic mass is 14.3. The molecule has 0 unspecified atom stereocenters. The topological polar surface area (TPSA) is 0 Å². The van der Waals surface area contributed by atoms with E-state index in [1.54, 1.807) is 0 Å². The maximum Gasteiger partial charge on any atom is 0.0312 e. The highest BCUT2D eigenvalue weighted by Gasteiger charge is 2.28. The minimum Gasteiger partial charge on any atom is -0.120 e. The summed E-state index contributed by atoms with van der Waals surface area (Å²) in [5.74, 6) is 3.02. The van der Waals surface area contributed by atoms with E-state index in [0.29, 0.717) is 5.41 Å². The fraction of sp³-hybridized carbons (Fsp3) is 0.818. The first-order valence-corrected chi connectivity index (χ1v) is 4.81. The van der Waals surface area contributed by atoms with E-state index >= 15 is 0 Å². The molecule has 1 rings (SSSR count). The molecule has 0 amide bonds. The second kappa shape index (κ2) is 3.81. The van der Waals surface area contributed by atoms with Crippen LogP contribution in [-0.4, -0.2) is 0 Å². The summed E-state index contributed by atoms with van der Waals surface area (Å²) >= 11 is 0. The maximum atomic E-state index is 5.57. The van der Waals surface area contributed by atoms with E-state index in [0.717, 1.165) is 0 Å². The fourth-order valence-electron chi connectivity index (χ4n) is 2.17. The molecule has 0 heterocycles. The molecule has 0 heteroatoms. The van der Waals surface area contributed by atoms with Gasteiger partial charge < -0.3 is 0 Å². The summed E-state index contributed by atoms with van der Waals surface area (Å²) in [6.07, 6.45) is 14.7. The molecule has 0 aromatic rings. The average molecular weight is 150 g/mol. The zero-order chi connectivity index (χ0) is 8.16. The van der Waals surface area contributed by atoms with Crippen molar-refractivity contribution in [3.05, 3.63) is 0 Å². The van der Waals surface area contributed by atoms with Crippen LogP contribution in [-0.2, 0) is 0 Å². The van der Waals surface area contributed by atoms with Crippen molar-refractivity contribution in [3.8, 4) is 12.3 Å². The van der Waals surface area contributed by atoms with Gasteiger partial charge in [-0.25, -0.2) is 0 Å². The molecule has 1 fully saturated rings. The lowest BCUT2D eigenvalue weighted by molar-refractivity contribution is 0.251. The van der Waals surface area contributed by atoms with Crippen molar-refractivity contribution in [1.29, 1.82) is 0 Å². The van der Waals surface area contributed by atoms with Crippen LogP contribution >= 0.6 is 0 Å². The van der Waals surface area contributed by atoms with Crippen LogP contribution in [0.1, 0.15) is 51.9 Å². The molecule has 0 aromatic heterocycles. The monoisotopic (exact) mass is 150 g/mol. The van der Waals surface area contributed by atoms with Crippen LogP contribution in [0, 0.1) is 17.8 Å². The first-order valence-electron chi connectivity index (χ1n) is 4.81. The summed E-state index contributed by atoms with van der Waals surface area (Å²) in [4.78, 5) is 0. The Morgan fingerprint density at radius 1 is 1.27 bits per heavy atom. The molecule has 0 aromatic carbocycles. The van der Waals surface area contributed by atoms with Gasteiger partial charge in [-0.15, -0.1) is 6.42 Å². The number of hydrogen-bond donors (Lipinski definition) is 0. The lowest BCUT2D eigenvalue weighted by Crippen LogP contribution is -2.21. The van der Waals surface area contributed by atoms with Crippen molar-refractivity contribution in [3.63, 3.8) is 0 Å². The molecule has 11 heavy (non-hydrogen) atoms. The van der Waals surface area contributed by atoms with Crippen LogP contribution in [0.15, 0.2) is 0 Å². The van der Waals surface area contributed by atoms with Crippen molar-refractivity contribution < 1.29 is 0 Å². The molecular formula is C11H18. The van der Waals surface area contributed by atoms with Crippen LogP contribution < -0.4 is 0 Å². The van der Waals surface area contributed by atoms with Crippen molar-refractivity contribution in [2.24, 2.45) is 5.41 Å². The predicted molar refractivity (Wildman–Crippen MR) is 49.3 cm³/mol. The second-order valence-electron chi connectivity index (χ2n) is 3.74. The smallest absolute Gasteiger partial charge is 0.0312 e. The second-order valence-corrected chi connectivity index (χ2v) is 3.74. The third-order valence-electron chi connectivity index (χ3n) is 2.85. The molecule has 1 saturated carbocycles. The Labute approximate surface area is 70.4 Å². The number of terminal acetylenes is 1. The summed E-state index contributed by atoms with van der Waals surface area (Å²) in [5, 5.41) is 0. The Morgan fingerprint density at radius 3 is 2.36 bits per heavy atom. The molecule has 0 aliphatic heterocycles. The zero-order valence-corrected chi connectivity index (χ0v) is 7.53. The third-order valence-corrected chi connectivity index (χ3v) is 2.85. The van der Waals surface area contributed by atoms with Gasteiger partial charge >= 0.3 is 0 Å². The van der Waals surface area contributed by atoms with Crippen LogP contribution in [0.25, 0.3) is 0 Å². The van der Waals surface area contributed by atoms with Crippen LogP contribution in [0.5, 0.6) is 0 Å². The van der Waals surface area contributed by atoms with Crippen molar-refractivity contribution in [2.75, 3.05) is 0 Å². The highest BCUT2D eigenvalue weighted by Crippen LogP contribution is 2.39. The van der Waals surface area contributed by atoms with Crippen LogP contribution in [0.2, 0.25) is 0 Å². The van der Waals surface area contributed by atoms with E-state index < -0.39 is 0 Å². The molecule has 0 N–H and O–H groups in total. The van der Waals surface area contributed by atoms with Gasteiger partial charge in [-0.3, -0.25) is 0 Å². The van der Waals surface area contributed by atoms with Gasteiger partial charge in [-0.2, -0.15) is 0 Å². The summed E-state index contributed by atoms with van der Waals surface area (Å²) in [7, 11) is 0. The fourth-order valence-corrected chi connectivity index (χ4v) is 2.17.